The molecule has 134 valence electrons. The first kappa shape index (κ1) is 17.3. The van der Waals surface area contributed by atoms with Gasteiger partial charge in [0.15, 0.2) is 0 Å². The van der Waals surface area contributed by atoms with Gasteiger partial charge in [-0.3, -0.25) is 9.89 Å². The van der Waals surface area contributed by atoms with E-state index in [1.165, 1.54) is 12.0 Å². The molecule has 2 heterocycles. The van der Waals surface area contributed by atoms with Crippen LogP contribution in [0.25, 0.3) is 0 Å². The number of likely N-dealkylation sites (tertiary alicyclic amines) is 1. The van der Waals surface area contributed by atoms with Gasteiger partial charge in [-0.1, -0.05) is 12.1 Å². The molecule has 0 radical (unpaired) electrons. The number of amides is 1. The highest BCUT2D eigenvalue weighted by atomic mass is 16.3. The lowest BCUT2D eigenvalue weighted by molar-refractivity contribution is -0.135. The molecule has 1 aliphatic heterocycles. The van der Waals surface area contributed by atoms with Crippen molar-refractivity contribution in [3.8, 4) is 5.75 Å². The number of aromatic hydroxyl groups is 1. The third kappa shape index (κ3) is 4.71. The molecule has 0 aliphatic carbocycles. The Labute approximate surface area is 147 Å². The Morgan fingerprint density at radius 2 is 2.08 bits per heavy atom. The van der Waals surface area contributed by atoms with E-state index in [1.807, 2.05) is 17.0 Å². The van der Waals surface area contributed by atoms with E-state index in [9.17, 15) is 9.90 Å². The molecule has 1 saturated heterocycles. The molecule has 7 heteroatoms. The first-order chi connectivity index (χ1) is 12.1. The van der Waals surface area contributed by atoms with Gasteiger partial charge in [0.2, 0.25) is 11.9 Å². The summed E-state index contributed by atoms with van der Waals surface area (Å²) in [4.78, 5) is 18.7. The van der Waals surface area contributed by atoms with Gasteiger partial charge in [-0.2, -0.15) is 4.98 Å². The van der Waals surface area contributed by atoms with Crippen LogP contribution >= 0.6 is 0 Å². The molecule has 7 nitrogen and oxygen atoms in total. The number of hydrogen-bond acceptors (Lipinski definition) is 5. The Balaban J connectivity index is 1.54. The zero-order chi connectivity index (χ0) is 17.6. The number of aryl methyl sites for hydroxylation is 2. The number of phenolic OH excluding ortho intramolecular Hbond substituents is 1. The van der Waals surface area contributed by atoms with Crippen LogP contribution in [0.1, 0.15) is 43.5 Å². The van der Waals surface area contributed by atoms with Gasteiger partial charge in [0.05, 0.1) is 0 Å². The van der Waals surface area contributed by atoms with E-state index >= 15 is 0 Å². The fourth-order valence-corrected chi connectivity index (χ4v) is 3.42. The number of piperidine rings is 1. The lowest BCUT2D eigenvalue weighted by atomic mass is 9.95. The van der Waals surface area contributed by atoms with Gasteiger partial charge in [-0.15, -0.1) is 5.10 Å². The summed E-state index contributed by atoms with van der Waals surface area (Å²) in [5, 5.41) is 15.9. The molecule has 1 aliphatic rings. The molecule has 25 heavy (non-hydrogen) atoms. The number of nitrogen functional groups attached to an aromatic ring is 1. The van der Waals surface area contributed by atoms with E-state index in [1.54, 1.807) is 12.1 Å². The largest absolute Gasteiger partial charge is 0.508 e. The van der Waals surface area contributed by atoms with E-state index < -0.39 is 0 Å². The Morgan fingerprint density at radius 1 is 1.28 bits per heavy atom. The molecule has 1 atom stereocenters. The maximum Gasteiger partial charge on any atom is 0.239 e. The van der Waals surface area contributed by atoms with Crippen molar-refractivity contribution in [1.29, 1.82) is 0 Å². The second kappa shape index (κ2) is 8.00. The van der Waals surface area contributed by atoms with Crippen molar-refractivity contribution in [2.75, 3.05) is 12.3 Å². The lowest BCUT2D eigenvalue weighted by Gasteiger charge is -2.36. The lowest BCUT2D eigenvalue weighted by Crippen LogP contribution is -2.44. The number of phenols is 1. The molecular formula is C18H25N5O2. The summed E-state index contributed by atoms with van der Waals surface area (Å²) in [5.74, 6) is 1.33. The molecule has 1 fully saturated rings. The molecule has 0 spiro atoms. The predicted molar refractivity (Wildman–Crippen MR) is 94.9 cm³/mol. The minimum Gasteiger partial charge on any atom is -0.508 e. The summed E-state index contributed by atoms with van der Waals surface area (Å²) in [7, 11) is 0. The average Bonchev–Trinajstić information content (AvgIpc) is 3.05. The zero-order valence-electron chi connectivity index (χ0n) is 14.3. The normalized spacial score (nSPS) is 17.6. The number of carbonyl (C=O) groups is 1. The van der Waals surface area contributed by atoms with E-state index in [-0.39, 0.29) is 23.6 Å². The van der Waals surface area contributed by atoms with E-state index in [0.717, 1.165) is 32.2 Å². The number of H-pyrrole nitrogens is 1. The van der Waals surface area contributed by atoms with E-state index in [0.29, 0.717) is 18.7 Å². The number of aromatic amines is 1. The number of carbonyl (C=O) groups excluding carboxylic acids is 1. The van der Waals surface area contributed by atoms with Crippen molar-refractivity contribution in [1.82, 2.24) is 20.1 Å². The standard InChI is InChI=1S/C18H25N5O2/c19-18-20-16(21-22-18)10-11-17(25)23-12-2-1-3-14(23)7-4-13-5-8-15(24)9-6-13/h5-6,8-9,14,24H,1-4,7,10-12H2,(H3,19,20,21,22)/t14-/m0/s1. The summed E-state index contributed by atoms with van der Waals surface area (Å²) in [6, 6.07) is 7.59. The molecule has 0 saturated carbocycles. The van der Waals surface area contributed by atoms with Gasteiger partial charge in [0.1, 0.15) is 11.6 Å². The van der Waals surface area contributed by atoms with Crippen molar-refractivity contribution in [3.63, 3.8) is 0 Å². The summed E-state index contributed by atoms with van der Waals surface area (Å²) >= 11 is 0. The maximum absolute atomic E-state index is 12.6. The second-order valence-electron chi connectivity index (χ2n) is 6.58. The van der Waals surface area contributed by atoms with Crippen molar-refractivity contribution in [2.24, 2.45) is 0 Å². The zero-order valence-corrected chi connectivity index (χ0v) is 14.3. The van der Waals surface area contributed by atoms with Crippen molar-refractivity contribution in [3.05, 3.63) is 35.7 Å². The smallest absolute Gasteiger partial charge is 0.239 e. The Kier molecular flexibility index (Phi) is 5.53. The monoisotopic (exact) mass is 343 g/mol. The minimum absolute atomic E-state index is 0.172. The summed E-state index contributed by atoms with van der Waals surface area (Å²) in [6.45, 7) is 0.831. The third-order valence-corrected chi connectivity index (χ3v) is 4.77. The molecule has 1 aromatic carbocycles. The quantitative estimate of drug-likeness (QED) is 0.744. The number of rotatable bonds is 6. The van der Waals surface area contributed by atoms with Gasteiger partial charge in [-0.25, -0.2) is 0 Å². The first-order valence-corrected chi connectivity index (χ1v) is 8.86. The summed E-state index contributed by atoms with van der Waals surface area (Å²) < 4.78 is 0. The molecule has 0 unspecified atom stereocenters. The first-order valence-electron chi connectivity index (χ1n) is 8.86. The van der Waals surface area contributed by atoms with Crippen molar-refractivity contribution >= 4 is 11.9 Å². The molecule has 1 amide bonds. The van der Waals surface area contributed by atoms with Crippen LogP contribution in [0.2, 0.25) is 0 Å². The maximum atomic E-state index is 12.6. The van der Waals surface area contributed by atoms with Crippen LogP contribution < -0.4 is 5.73 Å². The van der Waals surface area contributed by atoms with Crippen LogP contribution in [0.15, 0.2) is 24.3 Å². The average molecular weight is 343 g/mol. The Bertz CT molecular complexity index is 698. The van der Waals surface area contributed by atoms with Crippen molar-refractivity contribution in [2.45, 2.75) is 51.0 Å². The fourth-order valence-electron chi connectivity index (χ4n) is 3.42. The third-order valence-electron chi connectivity index (χ3n) is 4.77. The molecule has 1 aromatic heterocycles. The van der Waals surface area contributed by atoms with Crippen LogP contribution in [0.5, 0.6) is 5.75 Å². The van der Waals surface area contributed by atoms with Crippen LogP contribution in [-0.4, -0.2) is 43.7 Å². The molecule has 2 aromatic rings. The van der Waals surface area contributed by atoms with Crippen molar-refractivity contribution < 1.29 is 9.90 Å². The number of nitrogens with two attached hydrogens (primary N) is 1. The predicted octanol–water partition coefficient (Wildman–Crippen LogP) is 2.04. The number of aromatic nitrogens is 3. The minimum atomic E-state index is 0.172. The molecular weight excluding hydrogens is 318 g/mol. The van der Waals surface area contributed by atoms with Gasteiger partial charge < -0.3 is 15.7 Å². The van der Waals surface area contributed by atoms with E-state index in [4.69, 9.17) is 5.73 Å². The molecule has 0 bridgehead atoms. The van der Waals surface area contributed by atoms with Gasteiger partial charge >= 0.3 is 0 Å². The highest BCUT2D eigenvalue weighted by molar-refractivity contribution is 5.76. The highest BCUT2D eigenvalue weighted by Gasteiger charge is 2.26. The van der Waals surface area contributed by atoms with Crippen LogP contribution in [0.4, 0.5) is 5.95 Å². The van der Waals surface area contributed by atoms with Crippen LogP contribution in [-0.2, 0) is 17.6 Å². The number of nitrogens with zero attached hydrogens (tertiary/aromatic N) is 3. The number of benzene rings is 1. The number of anilines is 1. The van der Waals surface area contributed by atoms with Crippen LogP contribution in [0, 0.1) is 0 Å². The van der Waals surface area contributed by atoms with Gasteiger partial charge in [-0.05, 0) is 49.8 Å². The topological polar surface area (TPSA) is 108 Å². The Morgan fingerprint density at radius 3 is 2.80 bits per heavy atom. The Hall–Kier alpha value is -2.57. The molecule has 4 N–H and O–H groups in total. The molecule has 3 rings (SSSR count). The van der Waals surface area contributed by atoms with Crippen LogP contribution in [0.3, 0.4) is 0 Å². The SMILES string of the molecule is Nc1n[nH]c(CCC(=O)N2CCCC[C@H]2CCc2ccc(O)cc2)n1. The number of hydrogen-bond donors (Lipinski definition) is 3. The van der Waals surface area contributed by atoms with Gasteiger partial charge in [0.25, 0.3) is 0 Å². The van der Waals surface area contributed by atoms with Gasteiger partial charge in [0, 0.05) is 25.4 Å². The second-order valence-corrected chi connectivity index (χ2v) is 6.58. The number of nitrogens with one attached hydrogen (secondary N) is 1. The fraction of sp³-hybridized carbons (Fsp3) is 0.500. The highest BCUT2D eigenvalue weighted by Crippen LogP contribution is 2.23. The summed E-state index contributed by atoms with van der Waals surface area (Å²) in [5.41, 5.74) is 6.68. The summed E-state index contributed by atoms with van der Waals surface area (Å²) in [6.07, 6.45) is 6.10. The van der Waals surface area contributed by atoms with E-state index in [2.05, 4.69) is 15.2 Å².